The Bertz CT molecular complexity index is 923. The van der Waals surface area contributed by atoms with Gasteiger partial charge >= 0.3 is 0 Å². The quantitative estimate of drug-likeness (QED) is 0.778. The maximum atomic E-state index is 13.0. The van der Waals surface area contributed by atoms with Gasteiger partial charge in [-0.05, 0) is 44.4 Å². The highest BCUT2D eigenvalue weighted by molar-refractivity contribution is 6.33. The van der Waals surface area contributed by atoms with Crippen molar-refractivity contribution < 1.29 is 14.7 Å². The van der Waals surface area contributed by atoms with Gasteiger partial charge in [0.2, 0.25) is 5.91 Å². The van der Waals surface area contributed by atoms with E-state index in [4.69, 9.17) is 11.6 Å². The van der Waals surface area contributed by atoms with Crippen LogP contribution in [0.5, 0.6) is 0 Å². The number of carbonyl (C=O) groups excluding carboxylic acids is 2. The summed E-state index contributed by atoms with van der Waals surface area (Å²) in [5.74, 6) is -0.116. The first-order chi connectivity index (χ1) is 14.4. The van der Waals surface area contributed by atoms with Crippen molar-refractivity contribution in [2.75, 3.05) is 26.2 Å². The molecule has 160 valence electrons. The summed E-state index contributed by atoms with van der Waals surface area (Å²) >= 11 is 6.15. The minimum absolute atomic E-state index is 0.00135. The topological polar surface area (TPSA) is 89.5 Å². The van der Waals surface area contributed by atoms with Crippen LogP contribution in [0, 0.1) is 18.8 Å². The van der Waals surface area contributed by atoms with Crippen LogP contribution >= 0.6 is 11.6 Å². The van der Waals surface area contributed by atoms with E-state index in [1.807, 2.05) is 13.0 Å². The SMILES string of the molecule is Cc1cc(C[C@@H]2CN(C(=O)C3CCN(C(=O)c4ccccc4Cl)CC3)C[C@@H]2O)n[nH]1. The summed E-state index contributed by atoms with van der Waals surface area (Å²) < 4.78 is 0. The third-order valence-electron chi connectivity index (χ3n) is 6.18. The first kappa shape index (κ1) is 20.9. The van der Waals surface area contributed by atoms with E-state index in [0.717, 1.165) is 11.4 Å². The fraction of sp³-hybridized carbons (Fsp3) is 0.500. The molecule has 2 aromatic rings. The molecule has 1 aromatic heterocycles. The largest absolute Gasteiger partial charge is 0.391 e. The van der Waals surface area contributed by atoms with Crippen molar-refractivity contribution in [1.82, 2.24) is 20.0 Å². The van der Waals surface area contributed by atoms with Crippen LogP contribution in [0.25, 0.3) is 0 Å². The summed E-state index contributed by atoms with van der Waals surface area (Å²) in [7, 11) is 0. The van der Waals surface area contributed by atoms with Gasteiger partial charge < -0.3 is 14.9 Å². The number of nitrogens with one attached hydrogen (secondary N) is 1. The highest BCUT2D eigenvalue weighted by atomic mass is 35.5. The number of likely N-dealkylation sites (tertiary alicyclic amines) is 2. The van der Waals surface area contributed by atoms with Gasteiger partial charge in [-0.1, -0.05) is 23.7 Å². The van der Waals surface area contributed by atoms with Crippen LogP contribution in [0.4, 0.5) is 0 Å². The van der Waals surface area contributed by atoms with E-state index >= 15 is 0 Å². The van der Waals surface area contributed by atoms with E-state index in [1.165, 1.54) is 0 Å². The lowest BCUT2D eigenvalue weighted by molar-refractivity contribution is -0.136. The van der Waals surface area contributed by atoms with E-state index in [9.17, 15) is 14.7 Å². The number of β-amino-alcohol motifs (C(OH)–C–C–N with tert-alkyl or cyclic N) is 1. The standard InChI is InChI=1S/C22H27ClN4O3/c1-14-10-17(25-24-14)11-16-12-27(13-20(16)28)21(29)15-6-8-26(9-7-15)22(30)18-4-2-3-5-19(18)23/h2-5,10,15-16,20,28H,6-9,11-13H2,1H3,(H,24,25)/t16-,20+/m1/s1. The Morgan fingerprint density at radius 2 is 1.93 bits per heavy atom. The van der Waals surface area contributed by atoms with Gasteiger partial charge in [-0.2, -0.15) is 5.10 Å². The first-order valence-corrected chi connectivity index (χ1v) is 10.8. The average Bonchev–Trinajstić information content (AvgIpc) is 3.33. The van der Waals surface area contributed by atoms with E-state index in [-0.39, 0.29) is 23.7 Å². The van der Waals surface area contributed by atoms with Gasteiger partial charge in [-0.3, -0.25) is 14.7 Å². The molecule has 0 unspecified atom stereocenters. The lowest BCUT2D eigenvalue weighted by atomic mass is 9.94. The Kier molecular flexibility index (Phi) is 6.11. The predicted octanol–water partition coefficient (Wildman–Crippen LogP) is 2.29. The van der Waals surface area contributed by atoms with Crippen LogP contribution in [0.15, 0.2) is 30.3 Å². The lowest BCUT2D eigenvalue weighted by Crippen LogP contribution is -2.44. The van der Waals surface area contributed by atoms with E-state index < -0.39 is 6.10 Å². The molecule has 2 aliphatic rings. The number of benzene rings is 1. The zero-order valence-electron chi connectivity index (χ0n) is 17.1. The van der Waals surface area contributed by atoms with Gasteiger partial charge in [-0.25, -0.2) is 0 Å². The Balaban J connectivity index is 1.31. The molecule has 7 nitrogen and oxygen atoms in total. The van der Waals surface area contributed by atoms with Crippen molar-refractivity contribution in [3.8, 4) is 0 Å². The van der Waals surface area contributed by atoms with Gasteiger partial charge in [0.05, 0.1) is 22.4 Å². The number of amides is 2. The minimum Gasteiger partial charge on any atom is -0.391 e. The van der Waals surface area contributed by atoms with Crippen LogP contribution in [0.3, 0.4) is 0 Å². The number of aromatic nitrogens is 2. The minimum atomic E-state index is -0.534. The van der Waals surface area contributed by atoms with Crippen molar-refractivity contribution in [3.05, 3.63) is 52.3 Å². The Morgan fingerprint density at radius 1 is 1.20 bits per heavy atom. The van der Waals surface area contributed by atoms with Gasteiger partial charge in [0.1, 0.15) is 0 Å². The molecule has 0 radical (unpaired) electrons. The molecule has 0 saturated carbocycles. The van der Waals surface area contributed by atoms with Gasteiger partial charge in [-0.15, -0.1) is 0 Å². The normalized spacial score (nSPS) is 22.5. The molecule has 2 N–H and O–H groups in total. The molecule has 1 aromatic carbocycles. The maximum absolute atomic E-state index is 13.0. The lowest BCUT2D eigenvalue weighted by Gasteiger charge is -2.33. The van der Waals surface area contributed by atoms with Crippen LogP contribution in [0.2, 0.25) is 5.02 Å². The molecule has 2 atom stereocenters. The second-order valence-electron chi connectivity index (χ2n) is 8.36. The highest BCUT2D eigenvalue weighted by Crippen LogP contribution is 2.27. The van der Waals surface area contributed by atoms with Crippen molar-refractivity contribution in [1.29, 1.82) is 0 Å². The number of nitrogens with zero attached hydrogens (tertiary/aromatic N) is 3. The van der Waals surface area contributed by atoms with Crippen molar-refractivity contribution in [2.45, 2.75) is 32.3 Å². The van der Waals surface area contributed by atoms with Crippen LogP contribution in [-0.2, 0) is 11.2 Å². The smallest absolute Gasteiger partial charge is 0.255 e. The number of aromatic amines is 1. The summed E-state index contributed by atoms with van der Waals surface area (Å²) in [5, 5.41) is 18.1. The fourth-order valence-corrected chi connectivity index (χ4v) is 4.69. The molecule has 8 heteroatoms. The average molecular weight is 431 g/mol. The number of aliphatic hydroxyl groups excluding tert-OH is 1. The van der Waals surface area contributed by atoms with Gasteiger partial charge in [0.15, 0.2) is 0 Å². The van der Waals surface area contributed by atoms with Crippen molar-refractivity contribution in [3.63, 3.8) is 0 Å². The van der Waals surface area contributed by atoms with Crippen LogP contribution < -0.4 is 0 Å². The zero-order valence-corrected chi connectivity index (χ0v) is 17.8. The maximum Gasteiger partial charge on any atom is 0.255 e. The Labute approximate surface area is 181 Å². The number of hydrogen-bond donors (Lipinski definition) is 2. The third-order valence-corrected chi connectivity index (χ3v) is 6.51. The molecule has 3 heterocycles. The zero-order chi connectivity index (χ0) is 21.3. The number of halogens is 1. The van der Waals surface area contributed by atoms with E-state index in [1.54, 1.807) is 34.1 Å². The number of H-pyrrole nitrogens is 1. The molecule has 0 bridgehead atoms. The second kappa shape index (κ2) is 8.78. The Hall–Kier alpha value is -2.38. The molecule has 2 aliphatic heterocycles. The molecule has 0 spiro atoms. The van der Waals surface area contributed by atoms with Crippen molar-refractivity contribution in [2.24, 2.45) is 11.8 Å². The molecular weight excluding hydrogens is 404 g/mol. The van der Waals surface area contributed by atoms with Crippen molar-refractivity contribution >= 4 is 23.4 Å². The van der Waals surface area contributed by atoms with Crippen LogP contribution in [0.1, 0.15) is 34.6 Å². The summed E-state index contributed by atoms with van der Waals surface area (Å²) in [4.78, 5) is 29.3. The first-order valence-electron chi connectivity index (χ1n) is 10.4. The summed E-state index contributed by atoms with van der Waals surface area (Å²) in [6.45, 7) is 3.93. The number of piperidine rings is 1. The number of rotatable bonds is 4. The molecule has 4 rings (SSSR count). The molecular formula is C22H27ClN4O3. The number of aliphatic hydroxyl groups is 1. The van der Waals surface area contributed by atoms with E-state index in [2.05, 4.69) is 10.2 Å². The van der Waals surface area contributed by atoms with Gasteiger partial charge in [0, 0.05) is 43.7 Å². The number of hydrogen-bond acceptors (Lipinski definition) is 4. The second-order valence-corrected chi connectivity index (χ2v) is 8.77. The molecule has 2 saturated heterocycles. The van der Waals surface area contributed by atoms with E-state index in [0.29, 0.717) is 56.0 Å². The molecule has 2 fully saturated rings. The Morgan fingerprint density at radius 3 is 2.60 bits per heavy atom. The summed E-state index contributed by atoms with van der Waals surface area (Å²) in [5.41, 5.74) is 2.41. The van der Waals surface area contributed by atoms with Crippen LogP contribution in [-0.4, -0.2) is 69.2 Å². The van der Waals surface area contributed by atoms with Gasteiger partial charge in [0.25, 0.3) is 5.91 Å². The third kappa shape index (κ3) is 4.37. The summed E-state index contributed by atoms with van der Waals surface area (Å²) in [6, 6.07) is 9.02. The summed E-state index contributed by atoms with van der Waals surface area (Å²) in [6.07, 6.45) is 1.38. The number of carbonyl (C=O) groups is 2. The monoisotopic (exact) mass is 430 g/mol. The molecule has 0 aliphatic carbocycles. The highest BCUT2D eigenvalue weighted by Gasteiger charge is 2.38. The number of aryl methyl sites for hydroxylation is 1. The molecule has 2 amide bonds. The molecule has 30 heavy (non-hydrogen) atoms. The fourth-order valence-electron chi connectivity index (χ4n) is 4.48. The predicted molar refractivity (Wildman–Crippen MR) is 113 cm³/mol.